The van der Waals surface area contributed by atoms with E-state index in [1.807, 2.05) is 31.2 Å². The van der Waals surface area contributed by atoms with E-state index in [0.717, 1.165) is 18.4 Å². The molecule has 0 unspecified atom stereocenters. The number of benzene rings is 2. The third-order valence-corrected chi connectivity index (χ3v) is 3.99. The predicted octanol–water partition coefficient (Wildman–Crippen LogP) is 4.66. The van der Waals surface area contributed by atoms with Crippen molar-refractivity contribution in [3.8, 4) is 0 Å². The summed E-state index contributed by atoms with van der Waals surface area (Å²) in [6.45, 7) is 2.87. The van der Waals surface area contributed by atoms with Gasteiger partial charge >= 0.3 is 12.0 Å². The first kappa shape index (κ1) is 19.8. The summed E-state index contributed by atoms with van der Waals surface area (Å²) in [6, 6.07) is 13.9. The van der Waals surface area contributed by atoms with Crippen molar-refractivity contribution < 1.29 is 14.3 Å². The normalized spacial score (nSPS) is 10.2. The molecule has 0 atom stereocenters. The lowest BCUT2D eigenvalue weighted by Gasteiger charge is -2.12. The van der Waals surface area contributed by atoms with E-state index in [4.69, 9.17) is 16.3 Å². The van der Waals surface area contributed by atoms with Gasteiger partial charge in [-0.1, -0.05) is 49.2 Å². The highest BCUT2D eigenvalue weighted by atomic mass is 35.5. The highest BCUT2D eigenvalue weighted by Gasteiger charge is 2.14. The topological polar surface area (TPSA) is 67.4 Å². The molecule has 2 aromatic rings. The lowest BCUT2D eigenvalue weighted by Crippen LogP contribution is -2.31. The lowest BCUT2D eigenvalue weighted by molar-refractivity contribution is 0.0501. The van der Waals surface area contributed by atoms with E-state index in [9.17, 15) is 9.59 Å². The van der Waals surface area contributed by atoms with E-state index in [2.05, 4.69) is 10.6 Å². The number of hydrogen-bond acceptors (Lipinski definition) is 3. The third kappa shape index (κ3) is 6.41. The number of nitrogens with one attached hydrogen (secondary N) is 2. The van der Waals surface area contributed by atoms with Gasteiger partial charge in [-0.25, -0.2) is 9.59 Å². The van der Waals surface area contributed by atoms with Crippen LogP contribution in [0.5, 0.6) is 0 Å². The summed E-state index contributed by atoms with van der Waals surface area (Å²) < 4.78 is 5.22. The minimum atomic E-state index is -0.435. The smallest absolute Gasteiger partial charge is 0.340 e. The summed E-state index contributed by atoms with van der Waals surface area (Å²) in [5.41, 5.74) is 1.85. The van der Waals surface area contributed by atoms with Gasteiger partial charge in [0.25, 0.3) is 0 Å². The minimum Gasteiger partial charge on any atom is -0.462 e. The number of para-hydroxylation sites is 1. The Kier molecular flexibility index (Phi) is 7.96. The zero-order valence-corrected chi connectivity index (χ0v) is 15.5. The highest BCUT2D eigenvalue weighted by molar-refractivity contribution is 6.30. The molecule has 2 N–H and O–H groups in total. The number of hydrogen-bond donors (Lipinski definition) is 2. The molecule has 0 aliphatic heterocycles. The summed E-state index contributed by atoms with van der Waals surface area (Å²) in [6.07, 6.45) is 2.45. The van der Waals surface area contributed by atoms with Crippen molar-refractivity contribution in [2.24, 2.45) is 0 Å². The van der Waals surface area contributed by atoms with Crippen molar-refractivity contribution in [2.45, 2.75) is 26.2 Å². The maximum Gasteiger partial charge on any atom is 0.340 e. The van der Waals surface area contributed by atoms with Crippen LogP contribution in [0.2, 0.25) is 5.02 Å². The Morgan fingerprint density at radius 3 is 2.54 bits per heavy atom. The fourth-order valence-corrected chi connectivity index (χ4v) is 2.42. The molecule has 0 heterocycles. The summed E-state index contributed by atoms with van der Waals surface area (Å²) in [5.74, 6) is -0.435. The SMILES string of the molecule is CCCCOC(=O)c1ccccc1NC(=O)NCCc1ccc(Cl)cc1. The van der Waals surface area contributed by atoms with Crippen LogP contribution in [0.3, 0.4) is 0 Å². The molecule has 0 aromatic heterocycles. The number of rotatable bonds is 8. The first-order valence-corrected chi connectivity index (χ1v) is 9.03. The van der Waals surface area contributed by atoms with E-state index in [-0.39, 0.29) is 6.03 Å². The molecule has 0 aliphatic carbocycles. The second-order valence-electron chi connectivity index (χ2n) is 5.79. The van der Waals surface area contributed by atoms with E-state index in [1.165, 1.54) is 0 Å². The van der Waals surface area contributed by atoms with Gasteiger partial charge in [-0.2, -0.15) is 0 Å². The molecule has 2 amide bonds. The Morgan fingerprint density at radius 1 is 1.08 bits per heavy atom. The van der Waals surface area contributed by atoms with Crippen LogP contribution in [0, 0.1) is 0 Å². The number of urea groups is 1. The van der Waals surface area contributed by atoms with Crippen molar-refractivity contribution in [1.82, 2.24) is 5.32 Å². The molecule has 6 heteroatoms. The van der Waals surface area contributed by atoms with Crippen LogP contribution in [-0.2, 0) is 11.2 Å². The molecule has 2 aromatic carbocycles. The molecule has 0 fully saturated rings. The van der Waals surface area contributed by atoms with E-state index < -0.39 is 5.97 Å². The fourth-order valence-electron chi connectivity index (χ4n) is 2.30. The standard InChI is InChI=1S/C20H23ClN2O3/c1-2-3-14-26-19(24)17-6-4-5-7-18(17)23-20(25)22-13-12-15-8-10-16(21)11-9-15/h4-11H,2-3,12-14H2,1H3,(H2,22,23,25). The first-order chi connectivity index (χ1) is 12.6. The minimum absolute atomic E-state index is 0.344. The van der Waals surface area contributed by atoms with Gasteiger partial charge in [0.2, 0.25) is 0 Å². The summed E-state index contributed by atoms with van der Waals surface area (Å²) >= 11 is 5.85. The maximum absolute atomic E-state index is 12.1. The largest absolute Gasteiger partial charge is 0.462 e. The average molecular weight is 375 g/mol. The van der Waals surface area contributed by atoms with Crippen LogP contribution < -0.4 is 10.6 Å². The molecular formula is C20H23ClN2O3. The molecule has 0 bridgehead atoms. The predicted molar refractivity (Wildman–Crippen MR) is 104 cm³/mol. The Bertz CT molecular complexity index is 732. The van der Waals surface area contributed by atoms with Crippen LogP contribution in [0.1, 0.15) is 35.7 Å². The summed E-state index contributed by atoms with van der Waals surface area (Å²) in [7, 11) is 0. The molecule has 138 valence electrons. The molecule has 2 rings (SSSR count). The molecule has 0 saturated heterocycles. The van der Waals surface area contributed by atoms with E-state index >= 15 is 0 Å². The number of halogens is 1. The molecule has 0 saturated carbocycles. The third-order valence-electron chi connectivity index (χ3n) is 3.74. The Balaban J connectivity index is 1.86. The summed E-state index contributed by atoms with van der Waals surface area (Å²) in [4.78, 5) is 24.2. The Hall–Kier alpha value is -2.53. The zero-order valence-electron chi connectivity index (χ0n) is 14.8. The van der Waals surface area contributed by atoms with E-state index in [1.54, 1.807) is 24.3 Å². The molecule has 26 heavy (non-hydrogen) atoms. The number of unbranched alkanes of at least 4 members (excludes halogenated alkanes) is 1. The monoisotopic (exact) mass is 374 g/mol. The lowest BCUT2D eigenvalue weighted by atomic mass is 10.1. The van der Waals surface area contributed by atoms with Crippen molar-refractivity contribution >= 4 is 29.3 Å². The second-order valence-corrected chi connectivity index (χ2v) is 6.23. The van der Waals surface area contributed by atoms with Crippen molar-refractivity contribution in [3.05, 3.63) is 64.7 Å². The second kappa shape index (κ2) is 10.5. The highest BCUT2D eigenvalue weighted by Crippen LogP contribution is 2.16. The molecule has 0 aliphatic rings. The van der Waals surface area contributed by atoms with Crippen molar-refractivity contribution in [3.63, 3.8) is 0 Å². The van der Waals surface area contributed by atoms with Gasteiger partial charge in [-0.3, -0.25) is 0 Å². The van der Waals surface area contributed by atoms with Crippen LogP contribution in [0.25, 0.3) is 0 Å². The number of anilines is 1. The summed E-state index contributed by atoms with van der Waals surface area (Å²) in [5, 5.41) is 6.17. The first-order valence-electron chi connectivity index (χ1n) is 8.65. The number of amides is 2. The van der Waals surface area contributed by atoms with Gasteiger partial charge in [0.15, 0.2) is 0 Å². The number of esters is 1. The fraction of sp³-hybridized carbons (Fsp3) is 0.300. The Labute approximate surface area is 158 Å². The number of carbonyl (C=O) groups is 2. The van der Waals surface area contributed by atoms with Gasteiger partial charge in [-0.05, 0) is 42.7 Å². The van der Waals surface area contributed by atoms with Crippen LogP contribution in [0.4, 0.5) is 10.5 Å². The van der Waals surface area contributed by atoms with Crippen LogP contribution in [-0.4, -0.2) is 25.2 Å². The van der Waals surface area contributed by atoms with Gasteiger partial charge in [-0.15, -0.1) is 0 Å². The van der Waals surface area contributed by atoms with E-state index in [0.29, 0.717) is 35.8 Å². The maximum atomic E-state index is 12.1. The quantitative estimate of drug-likeness (QED) is 0.521. The average Bonchev–Trinajstić information content (AvgIpc) is 2.64. The van der Waals surface area contributed by atoms with Gasteiger partial charge in [0.1, 0.15) is 0 Å². The molecule has 5 nitrogen and oxygen atoms in total. The van der Waals surface area contributed by atoms with Gasteiger partial charge in [0, 0.05) is 11.6 Å². The van der Waals surface area contributed by atoms with Gasteiger partial charge < -0.3 is 15.4 Å². The molecular weight excluding hydrogens is 352 g/mol. The van der Waals surface area contributed by atoms with Crippen LogP contribution in [0.15, 0.2) is 48.5 Å². The number of ether oxygens (including phenoxy) is 1. The van der Waals surface area contributed by atoms with Gasteiger partial charge in [0.05, 0.1) is 17.9 Å². The Morgan fingerprint density at radius 2 is 1.81 bits per heavy atom. The zero-order chi connectivity index (χ0) is 18.8. The van der Waals surface area contributed by atoms with Crippen molar-refractivity contribution in [1.29, 1.82) is 0 Å². The molecule has 0 spiro atoms. The number of carbonyl (C=O) groups excluding carboxylic acids is 2. The van der Waals surface area contributed by atoms with Crippen molar-refractivity contribution in [2.75, 3.05) is 18.5 Å². The molecule has 0 radical (unpaired) electrons. The van der Waals surface area contributed by atoms with Crippen LogP contribution >= 0.6 is 11.6 Å².